The van der Waals surface area contributed by atoms with Gasteiger partial charge in [0.05, 0.1) is 23.2 Å². The predicted molar refractivity (Wildman–Crippen MR) is 131 cm³/mol. The van der Waals surface area contributed by atoms with Gasteiger partial charge in [0.1, 0.15) is 4.88 Å². The Morgan fingerprint density at radius 1 is 1.18 bits per heavy atom. The van der Waals surface area contributed by atoms with E-state index in [4.69, 9.17) is 25.8 Å². The van der Waals surface area contributed by atoms with E-state index < -0.39 is 0 Å². The molecule has 1 fully saturated rings. The number of rotatable bonds is 5. The summed E-state index contributed by atoms with van der Waals surface area (Å²) in [7, 11) is 0. The maximum absolute atomic E-state index is 13.7. The molecule has 4 heterocycles. The van der Waals surface area contributed by atoms with Crippen LogP contribution in [-0.4, -0.2) is 41.8 Å². The highest BCUT2D eigenvalue weighted by Gasteiger charge is 2.28. The number of nitrogens with zero attached hydrogens (tertiary/aromatic N) is 1. The number of ether oxygens (including phenoxy) is 3. The number of hydrogen-bond donors (Lipinski definition) is 1. The van der Waals surface area contributed by atoms with E-state index in [1.807, 2.05) is 30.3 Å². The van der Waals surface area contributed by atoms with Crippen LogP contribution in [0.2, 0.25) is 5.02 Å². The quantitative estimate of drug-likeness (QED) is 0.423. The van der Waals surface area contributed by atoms with E-state index in [1.54, 1.807) is 17.0 Å². The lowest BCUT2D eigenvalue weighted by Gasteiger charge is -2.25. The van der Waals surface area contributed by atoms with Crippen LogP contribution in [0.1, 0.15) is 28.1 Å². The van der Waals surface area contributed by atoms with Crippen molar-refractivity contribution in [1.29, 1.82) is 0 Å². The number of nitrogens with one attached hydrogen (secondary N) is 1. The minimum Gasteiger partial charge on any atom is -0.454 e. The third kappa shape index (κ3) is 3.81. The summed E-state index contributed by atoms with van der Waals surface area (Å²) in [6, 6.07) is 13.1. The van der Waals surface area contributed by atoms with Gasteiger partial charge in [-0.05, 0) is 31.0 Å². The lowest BCUT2D eigenvalue weighted by Crippen LogP contribution is -2.38. The molecule has 2 aromatic heterocycles. The molecule has 2 aromatic carbocycles. The number of fused-ring (bicyclic) bond motifs is 3. The summed E-state index contributed by atoms with van der Waals surface area (Å²) < 4.78 is 17.6. The highest BCUT2D eigenvalue weighted by Crippen LogP contribution is 2.37. The van der Waals surface area contributed by atoms with E-state index in [1.165, 1.54) is 11.3 Å². The normalized spacial score (nSPS) is 17.0. The molecule has 6 rings (SSSR count). The molecule has 2 aliphatic heterocycles. The van der Waals surface area contributed by atoms with Crippen LogP contribution in [0.15, 0.2) is 47.3 Å². The molecule has 174 valence electrons. The maximum Gasteiger partial charge on any atom is 0.265 e. The van der Waals surface area contributed by atoms with Gasteiger partial charge < -0.3 is 24.1 Å². The lowest BCUT2D eigenvalue weighted by atomic mass is 10.1. The van der Waals surface area contributed by atoms with Crippen LogP contribution in [0.5, 0.6) is 11.5 Å². The Hall–Kier alpha value is -3.07. The second-order valence-corrected chi connectivity index (χ2v) is 9.91. The lowest BCUT2D eigenvalue weighted by molar-refractivity contribution is 0.0510. The van der Waals surface area contributed by atoms with Crippen molar-refractivity contribution in [2.75, 3.05) is 19.9 Å². The highest BCUT2D eigenvalue weighted by atomic mass is 35.5. The van der Waals surface area contributed by atoms with E-state index >= 15 is 0 Å². The summed E-state index contributed by atoms with van der Waals surface area (Å²) in [6.07, 6.45) is 1.77. The molecule has 1 atom stereocenters. The molecular formula is C25H21ClN2O5S. The van der Waals surface area contributed by atoms with Crippen molar-refractivity contribution in [3.8, 4) is 11.5 Å². The Morgan fingerprint density at radius 3 is 2.79 bits per heavy atom. The summed E-state index contributed by atoms with van der Waals surface area (Å²) >= 11 is 7.99. The smallest absolute Gasteiger partial charge is 0.265 e. The van der Waals surface area contributed by atoms with Crippen LogP contribution >= 0.6 is 22.9 Å². The summed E-state index contributed by atoms with van der Waals surface area (Å²) in [4.78, 5) is 31.7. The van der Waals surface area contributed by atoms with E-state index in [0.29, 0.717) is 45.6 Å². The highest BCUT2D eigenvalue weighted by molar-refractivity contribution is 7.21. The zero-order valence-electron chi connectivity index (χ0n) is 18.1. The first-order valence-corrected chi connectivity index (χ1v) is 12.3. The first-order chi connectivity index (χ1) is 16.6. The van der Waals surface area contributed by atoms with E-state index in [-0.39, 0.29) is 30.9 Å². The van der Waals surface area contributed by atoms with Gasteiger partial charge in [0.15, 0.2) is 11.5 Å². The molecule has 34 heavy (non-hydrogen) atoms. The first-order valence-electron chi connectivity index (χ1n) is 11.1. The molecule has 0 unspecified atom stereocenters. The fourth-order valence-corrected chi connectivity index (χ4v) is 5.99. The zero-order chi connectivity index (χ0) is 23.2. The van der Waals surface area contributed by atoms with Crippen LogP contribution in [0, 0.1) is 0 Å². The van der Waals surface area contributed by atoms with Gasteiger partial charge in [-0.3, -0.25) is 9.59 Å². The van der Waals surface area contributed by atoms with E-state index in [0.717, 1.165) is 28.3 Å². The van der Waals surface area contributed by atoms with Crippen molar-refractivity contribution in [3.63, 3.8) is 0 Å². The van der Waals surface area contributed by atoms with Gasteiger partial charge in [-0.15, -0.1) is 11.3 Å². The fraction of sp³-hybridized carbons (Fsp3) is 0.280. The van der Waals surface area contributed by atoms with Crippen LogP contribution in [0.3, 0.4) is 0 Å². The molecule has 0 radical (unpaired) electrons. The molecule has 1 N–H and O–H groups in total. The van der Waals surface area contributed by atoms with Crippen molar-refractivity contribution in [1.82, 2.24) is 9.88 Å². The van der Waals surface area contributed by atoms with Crippen LogP contribution in [0.4, 0.5) is 0 Å². The van der Waals surface area contributed by atoms with Gasteiger partial charge in [-0.1, -0.05) is 29.8 Å². The van der Waals surface area contributed by atoms with Gasteiger partial charge in [0.25, 0.3) is 11.5 Å². The molecule has 1 amide bonds. The number of H-pyrrole nitrogens is 1. The SMILES string of the molecule is O=C(c1sc2ccccc2c1Cl)N(Cc1cc2cc3c(cc2[nH]c1=O)OCO3)C[C@H]1CCCO1. The second kappa shape index (κ2) is 8.61. The monoisotopic (exact) mass is 496 g/mol. The standard InChI is InChI=1S/C25H21ClN2O5S/c26-22-17-5-1-2-6-21(17)34-23(22)25(30)28(12-16-4-3-7-31-16)11-15-8-14-9-19-20(33-13-32-19)10-18(14)27-24(15)29/h1-2,5-6,8-10,16H,3-4,7,11-13H2,(H,27,29)/t16-/m1/s1. The molecule has 9 heteroatoms. The second-order valence-electron chi connectivity index (χ2n) is 8.48. The minimum atomic E-state index is -0.251. The molecule has 1 saturated heterocycles. The fourth-order valence-electron chi connectivity index (χ4n) is 4.51. The van der Waals surface area contributed by atoms with Crippen molar-refractivity contribution in [3.05, 3.63) is 68.3 Å². The molecule has 0 spiro atoms. The summed E-state index contributed by atoms with van der Waals surface area (Å²) in [5, 5.41) is 2.11. The number of carbonyl (C=O) groups excluding carboxylic acids is 1. The van der Waals surface area contributed by atoms with Gasteiger partial charge in [-0.2, -0.15) is 0 Å². The van der Waals surface area contributed by atoms with Crippen molar-refractivity contribution < 1.29 is 19.0 Å². The Labute approximate surface area is 203 Å². The van der Waals surface area contributed by atoms with E-state index in [2.05, 4.69) is 4.98 Å². The zero-order valence-corrected chi connectivity index (χ0v) is 19.7. The molecule has 2 aliphatic rings. The van der Waals surface area contributed by atoms with Crippen LogP contribution < -0.4 is 15.0 Å². The average molecular weight is 497 g/mol. The van der Waals surface area contributed by atoms with Gasteiger partial charge >= 0.3 is 0 Å². The Bertz CT molecular complexity index is 1470. The number of amides is 1. The number of pyridine rings is 1. The number of aromatic amines is 1. The Balaban J connectivity index is 1.37. The third-order valence-corrected chi connectivity index (χ3v) is 7.90. The summed E-state index contributed by atoms with van der Waals surface area (Å²) in [6.45, 7) is 1.37. The number of hydrogen-bond acceptors (Lipinski definition) is 6. The molecule has 7 nitrogen and oxygen atoms in total. The number of benzene rings is 2. The number of thiophene rings is 1. The van der Waals surface area contributed by atoms with Gasteiger partial charge in [0.2, 0.25) is 6.79 Å². The topological polar surface area (TPSA) is 80.9 Å². The summed E-state index contributed by atoms with van der Waals surface area (Å²) in [5.41, 5.74) is 0.886. The van der Waals surface area contributed by atoms with Crippen molar-refractivity contribution >= 4 is 49.8 Å². The first kappa shape index (κ1) is 21.5. The maximum atomic E-state index is 13.7. The number of halogens is 1. The molecule has 0 aliphatic carbocycles. The molecule has 4 aromatic rings. The molecule has 0 saturated carbocycles. The number of carbonyl (C=O) groups is 1. The Kier molecular flexibility index (Phi) is 5.44. The average Bonchev–Trinajstić information content (AvgIpc) is 3.58. The van der Waals surface area contributed by atoms with E-state index in [9.17, 15) is 9.59 Å². The summed E-state index contributed by atoms with van der Waals surface area (Å²) in [5.74, 6) is 1.03. The predicted octanol–water partition coefficient (Wildman–Crippen LogP) is 4.95. The minimum absolute atomic E-state index is 0.0644. The molecule has 0 bridgehead atoms. The largest absolute Gasteiger partial charge is 0.454 e. The third-order valence-electron chi connectivity index (χ3n) is 6.24. The Morgan fingerprint density at radius 2 is 2.00 bits per heavy atom. The van der Waals surface area contributed by atoms with Gasteiger partial charge in [-0.25, -0.2) is 0 Å². The molecular weight excluding hydrogens is 476 g/mol. The van der Waals surface area contributed by atoms with Gasteiger partial charge in [0, 0.05) is 40.3 Å². The van der Waals surface area contributed by atoms with Crippen molar-refractivity contribution in [2.24, 2.45) is 0 Å². The van der Waals surface area contributed by atoms with Crippen molar-refractivity contribution in [2.45, 2.75) is 25.5 Å². The van der Waals surface area contributed by atoms with Crippen LogP contribution in [0.25, 0.3) is 21.0 Å². The van der Waals surface area contributed by atoms with Crippen LogP contribution in [-0.2, 0) is 11.3 Å². The number of aromatic nitrogens is 1.